The molecule has 1 heterocycles. The molecule has 1 unspecified atom stereocenters. The van der Waals surface area contributed by atoms with Crippen LogP contribution in [0.4, 0.5) is 0 Å². The molecule has 1 aliphatic carbocycles. The van der Waals surface area contributed by atoms with Crippen molar-refractivity contribution in [3.05, 3.63) is 17.0 Å². The summed E-state index contributed by atoms with van der Waals surface area (Å²) in [7, 11) is 0. The van der Waals surface area contributed by atoms with Crippen LogP contribution < -0.4 is 5.32 Å². The van der Waals surface area contributed by atoms with E-state index in [0.29, 0.717) is 6.04 Å². The summed E-state index contributed by atoms with van der Waals surface area (Å²) >= 11 is 1.63. The van der Waals surface area contributed by atoms with E-state index in [9.17, 15) is 4.79 Å². The molecule has 17 heavy (non-hydrogen) atoms. The lowest BCUT2D eigenvalue weighted by Crippen LogP contribution is -2.32. The number of aryl methyl sites for hydroxylation is 2. The van der Waals surface area contributed by atoms with Crippen molar-refractivity contribution in [2.75, 3.05) is 0 Å². The molecule has 1 aromatic heterocycles. The first-order valence-electron chi connectivity index (χ1n) is 5.91. The molecule has 0 radical (unpaired) electrons. The highest BCUT2D eigenvalue weighted by atomic mass is 32.2. The molecule has 0 aliphatic heterocycles. The molecule has 94 valence electrons. The number of nitrogens with zero attached hydrogens (tertiary/aromatic N) is 1. The Balaban J connectivity index is 1.82. The molecule has 1 amide bonds. The van der Waals surface area contributed by atoms with Crippen LogP contribution in [0.3, 0.4) is 0 Å². The van der Waals surface area contributed by atoms with Crippen LogP contribution >= 0.6 is 11.8 Å². The Hall–Kier alpha value is -0.970. The molecule has 1 aliphatic rings. The molecule has 0 saturated heterocycles. The highest BCUT2D eigenvalue weighted by Gasteiger charge is 2.26. The minimum absolute atomic E-state index is 0.0238. The second-order valence-corrected chi connectivity index (χ2v) is 5.87. The predicted octanol–water partition coefficient (Wildman–Crippen LogP) is 2.19. The van der Waals surface area contributed by atoms with Crippen molar-refractivity contribution in [2.24, 2.45) is 0 Å². The summed E-state index contributed by atoms with van der Waals surface area (Å²) < 4.78 is 5.10. The molecule has 0 aromatic carbocycles. The quantitative estimate of drug-likeness (QED) is 0.875. The number of hydrogen-bond acceptors (Lipinski definition) is 4. The number of rotatable bonds is 5. The van der Waals surface area contributed by atoms with E-state index in [-0.39, 0.29) is 11.2 Å². The van der Waals surface area contributed by atoms with Gasteiger partial charge in [0, 0.05) is 17.4 Å². The summed E-state index contributed by atoms with van der Waals surface area (Å²) in [6.45, 7) is 5.78. The van der Waals surface area contributed by atoms with Crippen LogP contribution in [0, 0.1) is 13.8 Å². The van der Waals surface area contributed by atoms with Gasteiger partial charge in [-0.2, -0.15) is 0 Å². The summed E-state index contributed by atoms with van der Waals surface area (Å²) in [4.78, 5) is 11.8. The smallest absolute Gasteiger partial charge is 0.233 e. The number of carbonyl (C=O) groups is 1. The third-order valence-electron chi connectivity index (χ3n) is 2.95. The van der Waals surface area contributed by atoms with Crippen LogP contribution in [0.5, 0.6) is 0 Å². The molecule has 1 aromatic rings. The Morgan fingerprint density at radius 1 is 1.59 bits per heavy atom. The molecule has 1 N–H and O–H groups in total. The Kier molecular flexibility index (Phi) is 3.76. The minimum atomic E-state index is -0.0238. The van der Waals surface area contributed by atoms with E-state index in [0.717, 1.165) is 35.6 Å². The lowest BCUT2D eigenvalue weighted by Gasteiger charge is -2.11. The highest BCUT2D eigenvalue weighted by Crippen LogP contribution is 2.24. The van der Waals surface area contributed by atoms with Gasteiger partial charge in [0.1, 0.15) is 5.76 Å². The molecule has 0 bridgehead atoms. The summed E-state index contributed by atoms with van der Waals surface area (Å²) in [5, 5.41) is 6.90. The first-order valence-corrected chi connectivity index (χ1v) is 6.96. The fraction of sp³-hybridized carbons (Fsp3) is 0.667. The van der Waals surface area contributed by atoms with Gasteiger partial charge in [-0.15, -0.1) is 11.8 Å². The van der Waals surface area contributed by atoms with Crippen molar-refractivity contribution in [2.45, 2.75) is 50.7 Å². The van der Waals surface area contributed by atoms with Gasteiger partial charge >= 0.3 is 0 Å². The van der Waals surface area contributed by atoms with E-state index >= 15 is 0 Å². The number of amides is 1. The second-order valence-electron chi connectivity index (χ2n) is 4.54. The van der Waals surface area contributed by atoms with Gasteiger partial charge in [0.15, 0.2) is 0 Å². The van der Waals surface area contributed by atoms with Crippen molar-refractivity contribution in [1.82, 2.24) is 10.5 Å². The first kappa shape index (κ1) is 12.5. The van der Waals surface area contributed by atoms with Gasteiger partial charge < -0.3 is 9.84 Å². The molecule has 4 nitrogen and oxygen atoms in total. The van der Waals surface area contributed by atoms with Gasteiger partial charge in [0.05, 0.1) is 10.9 Å². The zero-order valence-electron chi connectivity index (χ0n) is 10.4. The van der Waals surface area contributed by atoms with Crippen molar-refractivity contribution >= 4 is 17.7 Å². The second kappa shape index (κ2) is 5.12. The van der Waals surface area contributed by atoms with Crippen LogP contribution in [-0.2, 0) is 10.5 Å². The number of nitrogens with one attached hydrogen (secondary N) is 1. The summed E-state index contributed by atoms with van der Waals surface area (Å²) in [5.74, 6) is 1.77. The average molecular weight is 254 g/mol. The van der Waals surface area contributed by atoms with Crippen LogP contribution in [0.25, 0.3) is 0 Å². The van der Waals surface area contributed by atoms with E-state index in [1.807, 2.05) is 20.8 Å². The number of thioether (sulfide) groups is 1. The van der Waals surface area contributed by atoms with Gasteiger partial charge in [0.2, 0.25) is 5.91 Å². The number of carbonyl (C=O) groups excluding carboxylic acids is 1. The van der Waals surface area contributed by atoms with Crippen LogP contribution in [0.15, 0.2) is 4.52 Å². The van der Waals surface area contributed by atoms with E-state index in [4.69, 9.17) is 4.52 Å². The molecule has 2 rings (SSSR count). The molecule has 1 saturated carbocycles. The Bertz CT molecular complexity index is 393. The van der Waals surface area contributed by atoms with Crippen LogP contribution in [0.2, 0.25) is 0 Å². The van der Waals surface area contributed by atoms with Crippen molar-refractivity contribution < 1.29 is 9.32 Å². The van der Waals surface area contributed by atoms with Gasteiger partial charge in [-0.1, -0.05) is 5.16 Å². The highest BCUT2D eigenvalue weighted by molar-refractivity contribution is 7.99. The van der Waals surface area contributed by atoms with Crippen molar-refractivity contribution in [3.8, 4) is 0 Å². The first-order chi connectivity index (χ1) is 8.08. The van der Waals surface area contributed by atoms with E-state index in [1.165, 1.54) is 0 Å². The average Bonchev–Trinajstić information content (AvgIpc) is 3.04. The zero-order valence-corrected chi connectivity index (χ0v) is 11.3. The normalized spacial score (nSPS) is 16.9. The number of aromatic nitrogens is 1. The number of hydrogen-bond donors (Lipinski definition) is 1. The molecule has 1 atom stereocenters. The fourth-order valence-electron chi connectivity index (χ4n) is 1.54. The Morgan fingerprint density at radius 2 is 2.29 bits per heavy atom. The third-order valence-corrected chi connectivity index (χ3v) is 4.12. The summed E-state index contributed by atoms with van der Waals surface area (Å²) in [6.07, 6.45) is 2.26. The monoisotopic (exact) mass is 254 g/mol. The minimum Gasteiger partial charge on any atom is -0.361 e. The topological polar surface area (TPSA) is 55.1 Å². The molecule has 1 fully saturated rings. The van der Waals surface area contributed by atoms with Crippen LogP contribution in [0.1, 0.15) is 36.8 Å². The predicted molar refractivity (Wildman–Crippen MR) is 67.9 cm³/mol. The van der Waals surface area contributed by atoms with Gasteiger partial charge in [-0.25, -0.2) is 0 Å². The van der Waals surface area contributed by atoms with Gasteiger partial charge in [-0.05, 0) is 33.6 Å². The fourth-order valence-corrected chi connectivity index (χ4v) is 2.59. The van der Waals surface area contributed by atoms with Gasteiger partial charge in [0.25, 0.3) is 0 Å². The summed E-state index contributed by atoms with van der Waals surface area (Å²) in [6, 6.07) is 0.435. The SMILES string of the molecule is Cc1noc(C)c1CSC(C)C(=O)NC1CC1. The molecule has 5 heteroatoms. The van der Waals surface area contributed by atoms with Crippen molar-refractivity contribution in [1.29, 1.82) is 0 Å². The van der Waals surface area contributed by atoms with E-state index in [1.54, 1.807) is 11.8 Å². The largest absolute Gasteiger partial charge is 0.361 e. The maximum atomic E-state index is 11.8. The standard InChI is InChI=1S/C12H18N2O2S/c1-7-11(8(2)16-14-7)6-17-9(3)12(15)13-10-4-5-10/h9-10H,4-6H2,1-3H3,(H,13,15). The lowest BCUT2D eigenvalue weighted by molar-refractivity contribution is -0.120. The Morgan fingerprint density at radius 3 is 2.82 bits per heavy atom. The molecular weight excluding hydrogens is 236 g/mol. The lowest BCUT2D eigenvalue weighted by atomic mass is 10.2. The van der Waals surface area contributed by atoms with E-state index < -0.39 is 0 Å². The molecular formula is C12H18N2O2S. The maximum absolute atomic E-state index is 11.8. The maximum Gasteiger partial charge on any atom is 0.233 e. The van der Waals surface area contributed by atoms with Crippen molar-refractivity contribution in [3.63, 3.8) is 0 Å². The van der Waals surface area contributed by atoms with Gasteiger partial charge in [-0.3, -0.25) is 4.79 Å². The summed E-state index contributed by atoms with van der Waals surface area (Å²) in [5.41, 5.74) is 2.03. The zero-order chi connectivity index (χ0) is 12.4. The van der Waals surface area contributed by atoms with E-state index in [2.05, 4.69) is 10.5 Å². The van der Waals surface area contributed by atoms with Crippen LogP contribution in [-0.4, -0.2) is 22.4 Å². The Labute approximate surface area is 106 Å². The molecule has 0 spiro atoms. The third kappa shape index (κ3) is 3.25.